The molecule has 6 aliphatic rings. The number of aryl methyl sites for hydroxylation is 2. The van der Waals surface area contributed by atoms with Crippen molar-refractivity contribution in [3.05, 3.63) is 104 Å². The van der Waals surface area contributed by atoms with Crippen LogP contribution in [0.3, 0.4) is 0 Å². The van der Waals surface area contributed by atoms with E-state index in [0.717, 1.165) is 100 Å². The van der Waals surface area contributed by atoms with Crippen molar-refractivity contribution in [2.24, 2.45) is 0 Å². The van der Waals surface area contributed by atoms with Crippen molar-refractivity contribution in [3.63, 3.8) is 0 Å². The van der Waals surface area contributed by atoms with Crippen LogP contribution in [0.1, 0.15) is 59.9 Å². The van der Waals surface area contributed by atoms with Crippen LogP contribution in [0.25, 0.3) is 33.8 Å². The number of aromatic nitrogens is 4. The Kier molecular flexibility index (Phi) is 7.09. The number of aromatic amines is 2. The van der Waals surface area contributed by atoms with E-state index in [1.807, 2.05) is 18.3 Å². The topological polar surface area (TPSA) is 134 Å². The normalized spacial score (nSPS) is 19.5. The van der Waals surface area contributed by atoms with Gasteiger partial charge in [0.1, 0.15) is 5.15 Å². The highest BCUT2D eigenvalue weighted by molar-refractivity contribution is 6.29. The molecular weight excluding hydrogens is 709 g/mol. The largest absolute Gasteiger partial charge is 0.416 e. The molecule has 2 aliphatic carbocycles. The van der Waals surface area contributed by atoms with Gasteiger partial charge in [0.05, 0.1) is 71.3 Å². The summed E-state index contributed by atoms with van der Waals surface area (Å²) in [4.78, 5) is 41.0. The van der Waals surface area contributed by atoms with Gasteiger partial charge in [-0.3, -0.25) is 14.6 Å². The molecule has 2 amide bonds. The number of ether oxygens (including phenoxy) is 2. The lowest BCUT2D eigenvalue weighted by molar-refractivity contribution is -0.137. The lowest BCUT2D eigenvalue weighted by Gasteiger charge is -2.44. The summed E-state index contributed by atoms with van der Waals surface area (Å²) in [5.74, 6) is -0.0664. The van der Waals surface area contributed by atoms with Gasteiger partial charge < -0.3 is 30.1 Å². The first-order valence-electron chi connectivity index (χ1n) is 17.6. The van der Waals surface area contributed by atoms with Gasteiger partial charge in [0, 0.05) is 53.3 Å². The quantitative estimate of drug-likeness (QED) is 0.161. The number of halogens is 4. The average Bonchev–Trinajstić information content (AvgIpc) is 3.69. The zero-order valence-electron chi connectivity index (χ0n) is 28.2. The average molecular weight is 741 g/mol. The van der Waals surface area contributed by atoms with Crippen LogP contribution in [0.4, 0.5) is 13.2 Å². The molecule has 270 valence electrons. The predicted molar refractivity (Wildman–Crippen MR) is 188 cm³/mol. The number of pyridine rings is 2. The smallest absolute Gasteiger partial charge is 0.376 e. The molecule has 2 spiro atoms. The lowest BCUT2D eigenvalue weighted by atomic mass is 9.83. The minimum atomic E-state index is -4.41. The van der Waals surface area contributed by atoms with Crippen molar-refractivity contribution in [2.45, 2.75) is 55.8 Å². The van der Waals surface area contributed by atoms with E-state index >= 15 is 0 Å². The standard InChI is InChI=1S/C23H18F3N3O2.C16H14ClN3O2/c24-23(25,26)14-3-1-2-12(6-14)17-7-16-13(9-27-17)4-5-15-19-18(28-20(15)16)8-22(10-31-11-22)29-21(19)30;17-12-3-10-8(5-18-12)1-2-9-13-11(19-14(9)10)4-16(6-22-7-16)20-15(13)21/h1-3,6-7,9,28H,4-5,8,10-11H2,(H,29,30);3,5,19H,1-2,4,6-7H2,(H,20,21). The maximum Gasteiger partial charge on any atom is 0.416 e. The minimum absolute atomic E-state index is 0.0191. The Morgan fingerprint density at radius 1 is 0.717 bits per heavy atom. The van der Waals surface area contributed by atoms with E-state index in [9.17, 15) is 22.8 Å². The zero-order valence-corrected chi connectivity index (χ0v) is 29.0. The molecule has 0 bridgehead atoms. The number of nitrogens with zero attached hydrogens (tertiary/aromatic N) is 2. The molecule has 2 saturated heterocycles. The fourth-order valence-corrected chi connectivity index (χ4v) is 8.88. The number of amides is 2. The summed E-state index contributed by atoms with van der Waals surface area (Å²) in [5, 5.41) is 6.71. The number of alkyl halides is 3. The summed E-state index contributed by atoms with van der Waals surface area (Å²) in [5.41, 5.74) is 11.2. The maximum atomic E-state index is 13.1. The van der Waals surface area contributed by atoms with Gasteiger partial charge >= 0.3 is 6.18 Å². The third-order valence-electron chi connectivity index (χ3n) is 11.4. The Bertz CT molecular complexity index is 2390. The van der Waals surface area contributed by atoms with Crippen LogP contribution in [-0.4, -0.2) is 69.3 Å². The molecule has 0 radical (unpaired) electrons. The first-order chi connectivity index (χ1) is 25.5. The Balaban J connectivity index is 0.000000140. The first kappa shape index (κ1) is 32.7. The third kappa shape index (κ3) is 5.23. The van der Waals surface area contributed by atoms with Crippen molar-refractivity contribution in [3.8, 4) is 33.8 Å². The van der Waals surface area contributed by atoms with Gasteiger partial charge in [0.2, 0.25) is 0 Å². The van der Waals surface area contributed by atoms with Gasteiger partial charge in [-0.1, -0.05) is 23.7 Å². The van der Waals surface area contributed by atoms with E-state index in [4.69, 9.17) is 21.1 Å². The van der Waals surface area contributed by atoms with Gasteiger partial charge in [0.15, 0.2) is 0 Å². The molecule has 8 heterocycles. The number of hydrogen-bond acceptors (Lipinski definition) is 6. The van der Waals surface area contributed by atoms with Gasteiger partial charge in [0.25, 0.3) is 11.8 Å². The summed E-state index contributed by atoms with van der Waals surface area (Å²) in [7, 11) is 0. The molecule has 4 N–H and O–H groups in total. The third-order valence-corrected chi connectivity index (χ3v) is 11.6. The minimum Gasteiger partial charge on any atom is -0.376 e. The summed E-state index contributed by atoms with van der Waals surface area (Å²) in [6.07, 6.45) is 3.82. The molecule has 0 unspecified atom stereocenters. The lowest BCUT2D eigenvalue weighted by Crippen LogP contribution is -2.65. The summed E-state index contributed by atoms with van der Waals surface area (Å²) >= 11 is 6.05. The van der Waals surface area contributed by atoms with Gasteiger partial charge in [-0.2, -0.15) is 13.2 Å². The number of nitrogens with one attached hydrogen (secondary N) is 4. The molecule has 4 aromatic heterocycles. The van der Waals surface area contributed by atoms with Crippen molar-refractivity contribution in [1.82, 2.24) is 30.6 Å². The number of fused-ring (bicyclic) bond motifs is 10. The van der Waals surface area contributed by atoms with E-state index in [2.05, 4.69) is 30.6 Å². The first-order valence-corrected chi connectivity index (χ1v) is 18.0. The number of carbonyl (C=O) groups excluding carboxylic acids is 2. The Morgan fingerprint density at radius 2 is 1.26 bits per heavy atom. The number of carbonyl (C=O) groups is 2. The van der Waals surface area contributed by atoms with E-state index in [-0.39, 0.29) is 22.9 Å². The van der Waals surface area contributed by atoms with Gasteiger partial charge in [-0.05, 0) is 72.2 Å². The SMILES string of the molecule is O=C1NC2(COC2)Cc2[nH]c3c(c21)CCc1cnc(-c2cccc(C(F)(F)F)c2)cc1-3.O=C1NC2(COC2)Cc2[nH]c3c(c21)CCc1cnc(Cl)cc1-3. The van der Waals surface area contributed by atoms with E-state index in [0.29, 0.717) is 54.8 Å². The van der Waals surface area contributed by atoms with Crippen LogP contribution in [0.2, 0.25) is 5.15 Å². The molecule has 5 aromatic rings. The fourth-order valence-electron chi connectivity index (χ4n) is 8.72. The van der Waals surface area contributed by atoms with E-state index in [1.165, 1.54) is 11.6 Å². The van der Waals surface area contributed by atoms with Crippen molar-refractivity contribution < 1.29 is 32.2 Å². The van der Waals surface area contributed by atoms with Crippen LogP contribution in [0, 0.1) is 0 Å². The molecule has 4 aliphatic heterocycles. The maximum absolute atomic E-state index is 13.1. The van der Waals surface area contributed by atoms with E-state index < -0.39 is 11.7 Å². The molecule has 11 rings (SSSR count). The van der Waals surface area contributed by atoms with Crippen molar-refractivity contribution >= 4 is 23.4 Å². The van der Waals surface area contributed by atoms with Crippen LogP contribution in [0.15, 0.2) is 48.8 Å². The second-order valence-electron chi connectivity index (χ2n) is 14.9. The van der Waals surface area contributed by atoms with Crippen LogP contribution in [-0.2, 0) is 54.2 Å². The van der Waals surface area contributed by atoms with Crippen LogP contribution >= 0.6 is 11.6 Å². The highest BCUT2D eigenvalue weighted by Gasteiger charge is 2.48. The Morgan fingerprint density at radius 3 is 1.79 bits per heavy atom. The number of H-pyrrole nitrogens is 2. The molecule has 14 heteroatoms. The number of benzene rings is 1. The van der Waals surface area contributed by atoms with Crippen LogP contribution < -0.4 is 10.6 Å². The van der Waals surface area contributed by atoms with Crippen molar-refractivity contribution in [1.29, 1.82) is 0 Å². The molecule has 53 heavy (non-hydrogen) atoms. The van der Waals surface area contributed by atoms with Gasteiger partial charge in [-0.25, -0.2) is 4.98 Å². The zero-order chi connectivity index (χ0) is 36.3. The Hall–Kier alpha value is -4.98. The highest BCUT2D eigenvalue weighted by Crippen LogP contribution is 2.43. The monoisotopic (exact) mass is 740 g/mol. The van der Waals surface area contributed by atoms with E-state index in [1.54, 1.807) is 12.3 Å². The molecule has 2 fully saturated rings. The summed E-state index contributed by atoms with van der Waals surface area (Å²) < 4.78 is 50.1. The Labute approximate surface area is 305 Å². The second kappa shape index (κ2) is 11.5. The highest BCUT2D eigenvalue weighted by atomic mass is 35.5. The fraction of sp³-hybridized carbons (Fsp3) is 0.333. The van der Waals surface area contributed by atoms with Gasteiger partial charge in [-0.15, -0.1) is 0 Å². The molecule has 1 aromatic carbocycles. The summed E-state index contributed by atoms with van der Waals surface area (Å²) in [6.45, 7) is 2.19. The molecule has 10 nitrogen and oxygen atoms in total. The molecule has 0 atom stereocenters. The van der Waals surface area contributed by atoms with Crippen LogP contribution in [0.5, 0.6) is 0 Å². The van der Waals surface area contributed by atoms with Crippen molar-refractivity contribution in [2.75, 3.05) is 26.4 Å². The summed E-state index contributed by atoms with van der Waals surface area (Å²) in [6, 6.07) is 8.90. The molecular formula is C39H32ClF3N6O4. The second-order valence-corrected chi connectivity index (χ2v) is 15.3. The predicted octanol–water partition coefficient (Wildman–Crippen LogP) is 5.80. The number of hydrogen-bond donors (Lipinski definition) is 4. The number of rotatable bonds is 1. The molecule has 0 saturated carbocycles.